The molecule has 0 aliphatic heterocycles. The van der Waals surface area contributed by atoms with E-state index >= 15 is 0 Å². The van der Waals surface area contributed by atoms with Crippen molar-refractivity contribution in [2.24, 2.45) is 0 Å². The third-order valence-electron chi connectivity index (χ3n) is 6.12. The highest BCUT2D eigenvalue weighted by Gasteiger charge is 2.42. The Morgan fingerprint density at radius 2 is 1.86 bits per heavy atom. The first-order valence-corrected chi connectivity index (χ1v) is 8.88. The van der Waals surface area contributed by atoms with Gasteiger partial charge < -0.3 is 0 Å². The van der Waals surface area contributed by atoms with Gasteiger partial charge in [0, 0.05) is 17.6 Å². The van der Waals surface area contributed by atoms with E-state index in [0.717, 1.165) is 17.5 Å². The van der Waals surface area contributed by atoms with Crippen LogP contribution in [-0.4, -0.2) is 18.0 Å². The maximum atomic E-state index is 5.75. The Hall–Kier alpha value is -1.26. The summed E-state index contributed by atoms with van der Waals surface area (Å²) in [6.45, 7) is 4.80. The summed E-state index contributed by atoms with van der Waals surface area (Å²) < 4.78 is 0. The summed E-state index contributed by atoms with van der Waals surface area (Å²) in [5.41, 5.74) is 6.10. The van der Waals surface area contributed by atoms with Gasteiger partial charge in [-0.3, -0.25) is 4.90 Å². The second-order valence-corrected chi connectivity index (χ2v) is 8.28. The van der Waals surface area contributed by atoms with Crippen LogP contribution in [0.4, 0.5) is 0 Å². The van der Waals surface area contributed by atoms with E-state index in [1.165, 1.54) is 44.1 Å². The Kier molecular flexibility index (Phi) is 3.17. The summed E-state index contributed by atoms with van der Waals surface area (Å²) in [5, 5.41) is 0. The predicted octanol–water partition coefficient (Wildman–Crippen LogP) is 4.75. The van der Waals surface area contributed by atoms with Crippen LogP contribution in [0.15, 0.2) is 12.1 Å². The molecule has 0 N–H and O–H groups in total. The van der Waals surface area contributed by atoms with Crippen LogP contribution >= 0.6 is 0 Å². The van der Waals surface area contributed by atoms with Crippen molar-refractivity contribution in [1.82, 2.24) is 4.90 Å². The minimum Gasteiger partial charge on any atom is -0.296 e. The van der Waals surface area contributed by atoms with E-state index in [-0.39, 0.29) is 5.41 Å². The predicted molar refractivity (Wildman–Crippen MR) is 92.1 cm³/mol. The summed E-state index contributed by atoms with van der Waals surface area (Å²) in [7, 11) is 2.34. The van der Waals surface area contributed by atoms with Gasteiger partial charge in [0.15, 0.2) is 0 Å². The van der Waals surface area contributed by atoms with Crippen LogP contribution < -0.4 is 0 Å². The van der Waals surface area contributed by atoms with Crippen LogP contribution in [0, 0.1) is 12.3 Å². The van der Waals surface area contributed by atoms with Gasteiger partial charge in [-0.25, -0.2) is 0 Å². The van der Waals surface area contributed by atoms with Crippen LogP contribution in [0.2, 0.25) is 0 Å². The summed E-state index contributed by atoms with van der Waals surface area (Å²) in [6, 6.07) is 6.07. The van der Waals surface area contributed by atoms with Crippen LogP contribution in [0.5, 0.6) is 0 Å². The molecule has 3 aliphatic carbocycles. The second kappa shape index (κ2) is 4.87. The molecule has 4 rings (SSSR count). The van der Waals surface area contributed by atoms with Crippen molar-refractivity contribution in [2.45, 2.75) is 75.8 Å². The van der Waals surface area contributed by atoms with Gasteiger partial charge in [-0.15, -0.1) is 6.42 Å². The molecule has 1 unspecified atom stereocenters. The standard InChI is InChI=1S/C21H27N/c1-5-14-12-17(15-6-7-15)20-18(13-14)21(2,3)11-10-19(20)22(4)16-8-9-16/h1,12-13,15-16,19H,6-11H2,2-4H3. The van der Waals surface area contributed by atoms with Gasteiger partial charge in [0.1, 0.15) is 0 Å². The Balaban J connectivity index is 1.88. The van der Waals surface area contributed by atoms with Gasteiger partial charge in [-0.1, -0.05) is 19.8 Å². The molecular formula is C21H27N. The third-order valence-corrected chi connectivity index (χ3v) is 6.12. The normalized spacial score (nSPS) is 26.6. The van der Waals surface area contributed by atoms with Gasteiger partial charge >= 0.3 is 0 Å². The number of hydrogen-bond acceptors (Lipinski definition) is 1. The molecule has 0 spiro atoms. The fourth-order valence-electron chi connectivity index (χ4n) is 4.34. The van der Waals surface area contributed by atoms with E-state index in [1.807, 2.05) is 0 Å². The molecule has 1 atom stereocenters. The maximum Gasteiger partial charge on any atom is 0.0354 e. The molecule has 1 aromatic carbocycles. The molecule has 0 aromatic heterocycles. The summed E-state index contributed by atoms with van der Waals surface area (Å²) in [5.74, 6) is 3.67. The smallest absolute Gasteiger partial charge is 0.0354 e. The largest absolute Gasteiger partial charge is 0.296 e. The average Bonchev–Trinajstić information content (AvgIpc) is 3.39. The molecule has 1 nitrogen and oxygen atoms in total. The Morgan fingerprint density at radius 1 is 1.14 bits per heavy atom. The zero-order valence-corrected chi connectivity index (χ0v) is 14.2. The molecule has 1 heteroatoms. The number of fused-ring (bicyclic) bond motifs is 1. The fraction of sp³-hybridized carbons (Fsp3) is 0.619. The van der Waals surface area contributed by atoms with Crippen LogP contribution in [0.3, 0.4) is 0 Å². The highest BCUT2D eigenvalue weighted by atomic mass is 15.2. The zero-order valence-electron chi connectivity index (χ0n) is 14.2. The van der Waals surface area contributed by atoms with Crippen LogP contribution in [-0.2, 0) is 5.41 Å². The lowest BCUT2D eigenvalue weighted by molar-refractivity contribution is 0.191. The number of benzene rings is 1. The maximum absolute atomic E-state index is 5.75. The first kappa shape index (κ1) is 14.3. The molecule has 0 heterocycles. The molecule has 2 saturated carbocycles. The molecule has 0 radical (unpaired) electrons. The summed E-state index contributed by atoms with van der Waals surface area (Å²) in [4.78, 5) is 2.66. The number of nitrogens with zero attached hydrogens (tertiary/aromatic N) is 1. The Labute approximate surface area is 135 Å². The molecule has 1 aromatic rings. The lowest BCUT2D eigenvalue weighted by atomic mass is 9.68. The lowest BCUT2D eigenvalue weighted by Gasteiger charge is -2.42. The highest BCUT2D eigenvalue weighted by molar-refractivity contribution is 5.52. The molecule has 0 bridgehead atoms. The highest BCUT2D eigenvalue weighted by Crippen LogP contribution is 2.52. The van der Waals surface area contributed by atoms with Crippen molar-refractivity contribution in [3.63, 3.8) is 0 Å². The first-order valence-electron chi connectivity index (χ1n) is 8.88. The quantitative estimate of drug-likeness (QED) is 0.727. The van der Waals surface area contributed by atoms with Crippen molar-refractivity contribution in [1.29, 1.82) is 0 Å². The topological polar surface area (TPSA) is 3.24 Å². The fourth-order valence-corrected chi connectivity index (χ4v) is 4.34. The Bertz CT molecular complexity index is 641. The molecule has 0 saturated heterocycles. The Morgan fingerprint density at radius 3 is 2.45 bits per heavy atom. The average molecular weight is 293 g/mol. The van der Waals surface area contributed by atoms with Gasteiger partial charge in [-0.05, 0) is 85.7 Å². The van der Waals surface area contributed by atoms with Crippen molar-refractivity contribution < 1.29 is 0 Å². The molecule has 3 aliphatic rings. The van der Waals surface area contributed by atoms with Gasteiger partial charge in [-0.2, -0.15) is 0 Å². The van der Waals surface area contributed by atoms with Gasteiger partial charge in [0.2, 0.25) is 0 Å². The van der Waals surface area contributed by atoms with Crippen molar-refractivity contribution >= 4 is 0 Å². The minimum absolute atomic E-state index is 0.257. The van der Waals surface area contributed by atoms with Crippen molar-refractivity contribution in [3.8, 4) is 12.3 Å². The van der Waals surface area contributed by atoms with Gasteiger partial charge in [0.05, 0.1) is 0 Å². The lowest BCUT2D eigenvalue weighted by Crippen LogP contribution is -2.36. The van der Waals surface area contributed by atoms with E-state index in [1.54, 1.807) is 11.1 Å². The van der Waals surface area contributed by atoms with E-state index in [4.69, 9.17) is 6.42 Å². The second-order valence-electron chi connectivity index (χ2n) is 8.28. The van der Waals surface area contributed by atoms with E-state index in [9.17, 15) is 0 Å². The first-order chi connectivity index (χ1) is 10.5. The minimum atomic E-state index is 0.257. The molecule has 2 fully saturated rings. The molecule has 116 valence electrons. The molecule has 0 amide bonds. The summed E-state index contributed by atoms with van der Waals surface area (Å²) >= 11 is 0. The number of hydrogen-bond donors (Lipinski definition) is 0. The van der Waals surface area contributed by atoms with Crippen LogP contribution in [0.25, 0.3) is 0 Å². The number of terminal acetylenes is 1. The monoisotopic (exact) mass is 293 g/mol. The third kappa shape index (κ3) is 2.29. The van der Waals surface area contributed by atoms with E-state index in [2.05, 4.69) is 43.8 Å². The number of rotatable bonds is 3. The van der Waals surface area contributed by atoms with Crippen molar-refractivity contribution in [2.75, 3.05) is 7.05 Å². The van der Waals surface area contributed by atoms with Crippen molar-refractivity contribution in [3.05, 3.63) is 34.4 Å². The molecule has 22 heavy (non-hydrogen) atoms. The van der Waals surface area contributed by atoms with E-state index in [0.29, 0.717) is 6.04 Å². The van der Waals surface area contributed by atoms with E-state index < -0.39 is 0 Å². The SMILES string of the molecule is C#Cc1cc(C2CC2)c2c(c1)C(C)(C)CCC2N(C)C1CC1. The van der Waals surface area contributed by atoms with Crippen LogP contribution in [0.1, 0.15) is 86.6 Å². The van der Waals surface area contributed by atoms with Gasteiger partial charge in [0.25, 0.3) is 0 Å². The summed E-state index contributed by atoms with van der Waals surface area (Å²) in [6.07, 6.45) is 13.8. The zero-order chi connectivity index (χ0) is 15.5. The molecular weight excluding hydrogens is 266 g/mol.